The molecule has 0 aromatic carbocycles. The van der Waals surface area contributed by atoms with Crippen LogP contribution in [0, 0.1) is 4.77 Å². The van der Waals surface area contributed by atoms with Gasteiger partial charge in [-0.3, -0.25) is 19.2 Å². The molecule has 0 aliphatic carbocycles. The summed E-state index contributed by atoms with van der Waals surface area (Å²) in [6.07, 6.45) is -2.97. The van der Waals surface area contributed by atoms with Gasteiger partial charge in [0.25, 0.3) is 0 Å². The zero-order valence-corrected chi connectivity index (χ0v) is 18.0. The monoisotopic (exact) mass is 444 g/mol. The van der Waals surface area contributed by atoms with Crippen molar-refractivity contribution >= 4 is 36.0 Å². The second-order valence-electron chi connectivity index (χ2n) is 6.71. The number of nitrogens with zero attached hydrogens (tertiary/aromatic N) is 3. The molecule has 13 heteroatoms. The molecule has 30 heavy (non-hydrogen) atoms. The Balaban J connectivity index is 2.56. The molecule has 1 aromatic rings. The standard InChI is InChI=1S/C17H24N4O8S/c1-8(22)19-13-15(28-11(4)25)14(27-10(3)24)12(6-26-9(2)23)29-16(13)21-17(30)20(5)7-18-21/h7,12-16H,6H2,1-5H3,(H,19,22)/t12-,13-,14-,15-,16-/m1/s1. The summed E-state index contributed by atoms with van der Waals surface area (Å²) >= 11 is 5.34. The SMILES string of the molecule is CC(=O)N[C@@H]1[C@@H](OC(C)=O)[C@H](OC(C)=O)[C@@H](COC(C)=O)O[C@H]1n1ncn(C)c1=S. The van der Waals surface area contributed by atoms with Gasteiger partial charge in [-0.05, 0) is 12.2 Å². The Morgan fingerprint density at radius 1 is 1.10 bits per heavy atom. The van der Waals surface area contributed by atoms with Gasteiger partial charge in [0.2, 0.25) is 5.91 Å². The zero-order valence-electron chi connectivity index (χ0n) is 17.2. The first-order valence-corrected chi connectivity index (χ1v) is 9.42. The van der Waals surface area contributed by atoms with E-state index < -0.39 is 54.4 Å². The van der Waals surface area contributed by atoms with Crippen LogP contribution in [0.5, 0.6) is 0 Å². The Kier molecular flexibility index (Phi) is 7.67. The number of carbonyl (C=O) groups is 4. The lowest BCUT2D eigenvalue weighted by atomic mass is 9.95. The molecular weight excluding hydrogens is 420 g/mol. The van der Waals surface area contributed by atoms with Crippen LogP contribution in [0.4, 0.5) is 0 Å². The molecule has 2 heterocycles. The van der Waals surface area contributed by atoms with Gasteiger partial charge in [0.1, 0.15) is 25.1 Å². The minimum Gasteiger partial charge on any atom is -0.463 e. The minimum absolute atomic E-state index is 0.258. The van der Waals surface area contributed by atoms with Crippen LogP contribution in [0.3, 0.4) is 0 Å². The number of rotatable bonds is 6. The number of hydrogen-bond acceptors (Lipinski definition) is 10. The number of aryl methyl sites for hydroxylation is 1. The molecular formula is C17H24N4O8S. The van der Waals surface area contributed by atoms with Crippen molar-refractivity contribution in [3.63, 3.8) is 0 Å². The van der Waals surface area contributed by atoms with E-state index in [9.17, 15) is 19.2 Å². The van der Waals surface area contributed by atoms with Crippen molar-refractivity contribution in [3.8, 4) is 0 Å². The lowest BCUT2D eigenvalue weighted by Gasteiger charge is -2.45. The summed E-state index contributed by atoms with van der Waals surface area (Å²) in [4.78, 5) is 46.7. The topological polar surface area (TPSA) is 140 Å². The largest absolute Gasteiger partial charge is 0.463 e. The molecule has 1 amide bonds. The molecule has 0 saturated carbocycles. The van der Waals surface area contributed by atoms with Crippen molar-refractivity contribution in [2.24, 2.45) is 7.05 Å². The number of nitrogens with one attached hydrogen (secondary N) is 1. The number of ether oxygens (including phenoxy) is 4. The van der Waals surface area contributed by atoms with Crippen LogP contribution >= 0.6 is 12.2 Å². The summed E-state index contributed by atoms with van der Waals surface area (Å²) in [6, 6.07) is -1.01. The van der Waals surface area contributed by atoms with Crippen LogP contribution in [-0.4, -0.2) is 69.1 Å². The van der Waals surface area contributed by atoms with Gasteiger partial charge in [0.15, 0.2) is 23.2 Å². The normalized spacial score (nSPS) is 25.8. The first-order chi connectivity index (χ1) is 14.0. The van der Waals surface area contributed by atoms with E-state index in [-0.39, 0.29) is 11.4 Å². The molecule has 1 aromatic heterocycles. The second kappa shape index (κ2) is 9.80. The van der Waals surface area contributed by atoms with Gasteiger partial charge in [-0.2, -0.15) is 5.10 Å². The van der Waals surface area contributed by atoms with E-state index in [1.807, 2.05) is 0 Å². The van der Waals surface area contributed by atoms with E-state index in [1.54, 1.807) is 11.6 Å². The summed E-state index contributed by atoms with van der Waals surface area (Å²) in [6.45, 7) is 4.52. The Bertz CT molecular complexity index is 881. The van der Waals surface area contributed by atoms with E-state index in [2.05, 4.69) is 10.4 Å². The number of hydrogen-bond donors (Lipinski definition) is 1. The fourth-order valence-corrected chi connectivity index (χ4v) is 3.28. The molecule has 1 fully saturated rings. The van der Waals surface area contributed by atoms with Gasteiger partial charge in [0, 0.05) is 34.7 Å². The fraction of sp³-hybridized carbons (Fsp3) is 0.647. The van der Waals surface area contributed by atoms with Gasteiger partial charge in [-0.1, -0.05) is 0 Å². The highest BCUT2D eigenvalue weighted by molar-refractivity contribution is 7.71. The van der Waals surface area contributed by atoms with Crippen LogP contribution < -0.4 is 5.32 Å². The average molecular weight is 444 g/mol. The van der Waals surface area contributed by atoms with Crippen molar-refractivity contribution in [2.45, 2.75) is 58.3 Å². The third-order valence-electron chi connectivity index (χ3n) is 4.18. The smallest absolute Gasteiger partial charge is 0.303 e. The maximum Gasteiger partial charge on any atom is 0.303 e. The Hall–Kier alpha value is -2.80. The molecule has 0 bridgehead atoms. The summed E-state index contributed by atoms with van der Waals surface area (Å²) in [5.41, 5.74) is 0. The third-order valence-corrected chi connectivity index (χ3v) is 4.65. The van der Waals surface area contributed by atoms with Crippen molar-refractivity contribution in [2.75, 3.05) is 6.61 Å². The number of amides is 1. The lowest BCUT2D eigenvalue weighted by molar-refractivity contribution is -0.239. The Labute approximate surface area is 177 Å². The van der Waals surface area contributed by atoms with Crippen LogP contribution in [0.25, 0.3) is 0 Å². The molecule has 1 aliphatic heterocycles. The Morgan fingerprint density at radius 3 is 2.17 bits per heavy atom. The quantitative estimate of drug-likeness (QED) is 0.356. The summed E-state index contributed by atoms with van der Waals surface area (Å²) in [7, 11) is 1.67. The van der Waals surface area contributed by atoms with Gasteiger partial charge in [-0.15, -0.1) is 0 Å². The maximum atomic E-state index is 11.9. The summed E-state index contributed by atoms with van der Waals surface area (Å²) in [5.74, 6) is -2.39. The number of carbonyl (C=O) groups excluding carboxylic acids is 4. The molecule has 0 unspecified atom stereocenters. The van der Waals surface area contributed by atoms with Gasteiger partial charge in [0.05, 0.1) is 0 Å². The zero-order chi connectivity index (χ0) is 22.6. The van der Waals surface area contributed by atoms with Gasteiger partial charge in [-0.25, -0.2) is 4.68 Å². The van der Waals surface area contributed by atoms with Gasteiger partial charge < -0.3 is 28.8 Å². The van der Waals surface area contributed by atoms with E-state index >= 15 is 0 Å². The number of esters is 3. The molecule has 166 valence electrons. The predicted octanol–water partition coefficient (Wildman–Crippen LogP) is -0.220. The van der Waals surface area contributed by atoms with E-state index in [4.69, 9.17) is 31.2 Å². The van der Waals surface area contributed by atoms with Crippen LogP contribution in [-0.2, 0) is 45.2 Å². The van der Waals surface area contributed by atoms with Crippen molar-refractivity contribution in [1.29, 1.82) is 0 Å². The van der Waals surface area contributed by atoms with E-state index in [1.165, 1.54) is 38.7 Å². The van der Waals surface area contributed by atoms with E-state index in [0.717, 1.165) is 0 Å². The molecule has 1 N–H and O–H groups in total. The predicted molar refractivity (Wildman–Crippen MR) is 101 cm³/mol. The maximum absolute atomic E-state index is 11.9. The van der Waals surface area contributed by atoms with Crippen molar-refractivity contribution in [3.05, 3.63) is 11.1 Å². The van der Waals surface area contributed by atoms with Crippen LogP contribution in [0.15, 0.2) is 6.33 Å². The van der Waals surface area contributed by atoms with Crippen LogP contribution in [0.2, 0.25) is 0 Å². The molecule has 5 atom stereocenters. The highest BCUT2D eigenvalue weighted by atomic mass is 32.1. The molecule has 12 nitrogen and oxygen atoms in total. The third kappa shape index (κ3) is 5.63. The lowest BCUT2D eigenvalue weighted by Crippen LogP contribution is -2.64. The van der Waals surface area contributed by atoms with Crippen molar-refractivity contribution in [1.82, 2.24) is 19.7 Å². The van der Waals surface area contributed by atoms with E-state index in [0.29, 0.717) is 0 Å². The summed E-state index contributed by atoms with van der Waals surface area (Å²) in [5, 5.41) is 6.82. The highest BCUT2D eigenvalue weighted by Crippen LogP contribution is 2.32. The first-order valence-electron chi connectivity index (χ1n) is 9.01. The summed E-state index contributed by atoms with van der Waals surface area (Å²) < 4.78 is 24.9. The molecule has 0 spiro atoms. The average Bonchev–Trinajstić information content (AvgIpc) is 2.94. The fourth-order valence-electron chi connectivity index (χ4n) is 3.09. The minimum atomic E-state index is -1.17. The first kappa shape index (κ1) is 23.5. The second-order valence-corrected chi connectivity index (χ2v) is 7.08. The Morgan fingerprint density at radius 2 is 1.70 bits per heavy atom. The molecule has 1 aliphatic rings. The van der Waals surface area contributed by atoms with Crippen LogP contribution in [0.1, 0.15) is 33.9 Å². The highest BCUT2D eigenvalue weighted by Gasteiger charge is 2.52. The molecule has 2 rings (SSSR count). The van der Waals surface area contributed by atoms with Gasteiger partial charge >= 0.3 is 17.9 Å². The number of aromatic nitrogens is 3. The molecule has 0 radical (unpaired) electrons. The molecule has 1 saturated heterocycles. The van der Waals surface area contributed by atoms with Crippen molar-refractivity contribution < 1.29 is 38.1 Å².